The Hall–Kier alpha value is -1.20. The molecule has 2 aromatic rings. The van der Waals surface area contributed by atoms with Crippen molar-refractivity contribution in [3.8, 4) is 0 Å². The first-order chi connectivity index (χ1) is 7.17. The molecule has 3 N–H and O–H groups in total. The molecule has 5 heteroatoms. The molecule has 0 saturated heterocycles. The Morgan fingerprint density at radius 3 is 2.67 bits per heavy atom. The Labute approximate surface area is 92.5 Å². The lowest BCUT2D eigenvalue weighted by Gasteiger charge is -2.04. The molecular weight excluding hydrogens is 208 g/mol. The normalized spacial score (nSPS) is 10.9. The highest BCUT2D eigenvalue weighted by Crippen LogP contribution is 2.32. The molecule has 0 amide bonds. The summed E-state index contributed by atoms with van der Waals surface area (Å²) in [4.78, 5) is 11.2. The zero-order valence-electron chi connectivity index (χ0n) is 9.09. The summed E-state index contributed by atoms with van der Waals surface area (Å²) in [5, 5.41) is 1.05. The van der Waals surface area contributed by atoms with Gasteiger partial charge in [-0.05, 0) is 19.4 Å². The van der Waals surface area contributed by atoms with Crippen molar-refractivity contribution >= 4 is 27.4 Å². The summed E-state index contributed by atoms with van der Waals surface area (Å²) in [5.41, 5.74) is 3.87. The monoisotopic (exact) mass is 222 g/mol. The molecule has 0 spiro atoms. The van der Waals surface area contributed by atoms with Gasteiger partial charge in [-0.15, -0.1) is 11.3 Å². The predicted molar refractivity (Wildman–Crippen MR) is 64.1 cm³/mol. The number of hydrazine groups is 1. The number of hydrogen-bond acceptors (Lipinski definition) is 5. The fraction of sp³-hybridized carbons (Fsp3) is 0.400. The SMILES string of the molecule is CCc1nc(NN)c2c(C)c(C)sc2n1. The number of aromatic nitrogens is 2. The standard InChI is InChI=1S/C10H14N4S/c1-4-7-12-9(14-11)8-5(2)6(3)15-10(8)13-7/h4,11H2,1-3H3,(H,12,13,14). The lowest BCUT2D eigenvalue weighted by Crippen LogP contribution is -2.10. The van der Waals surface area contributed by atoms with Crippen LogP contribution in [0.3, 0.4) is 0 Å². The quantitative estimate of drug-likeness (QED) is 0.603. The third kappa shape index (κ3) is 1.57. The lowest BCUT2D eigenvalue weighted by molar-refractivity contribution is 0.962. The van der Waals surface area contributed by atoms with Crippen LogP contribution in [0.5, 0.6) is 0 Å². The average Bonchev–Trinajstić information content (AvgIpc) is 2.53. The predicted octanol–water partition coefficient (Wildman–Crippen LogP) is 2.16. The van der Waals surface area contributed by atoms with Gasteiger partial charge in [0.2, 0.25) is 0 Å². The van der Waals surface area contributed by atoms with Crippen LogP contribution in [0.25, 0.3) is 10.2 Å². The van der Waals surface area contributed by atoms with Crippen molar-refractivity contribution in [1.29, 1.82) is 0 Å². The van der Waals surface area contributed by atoms with E-state index in [0.717, 1.165) is 28.3 Å². The Morgan fingerprint density at radius 1 is 1.33 bits per heavy atom. The maximum absolute atomic E-state index is 5.48. The Kier molecular flexibility index (Phi) is 2.58. The van der Waals surface area contributed by atoms with Crippen LogP contribution in [0, 0.1) is 13.8 Å². The largest absolute Gasteiger partial charge is 0.308 e. The van der Waals surface area contributed by atoms with Crippen LogP contribution in [0.1, 0.15) is 23.2 Å². The third-order valence-electron chi connectivity index (χ3n) is 2.53. The van der Waals surface area contributed by atoms with Gasteiger partial charge in [-0.2, -0.15) is 0 Å². The number of nitrogens with two attached hydrogens (primary N) is 1. The van der Waals surface area contributed by atoms with Crippen molar-refractivity contribution in [1.82, 2.24) is 9.97 Å². The van der Waals surface area contributed by atoms with Gasteiger partial charge in [0.25, 0.3) is 0 Å². The molecule has 0 bridgehead atoms. The fourth-order valence-electron chi connectivity index (χ4n) is 1.56. The molecule has 2 rings (SSSR count). The number of thiophene rings is 1. The number of aryl methyl sites for hydroxylation is 3. The van der Waals surface area contributed by atoms with Crippen LogP contribution in [-0.2, 0) is 6.42 Å². The highest BCUT2D eigenvalue weighted by Gasteiger charge is 2.12. The minimum Gasteiger partial charge on any atom is -0.308 e. The lowest BCUT2D eigenvalue weighted by atomic mass is 10.2. The summed E-state index contributed by atoms with van der Waals surface area (Å²) < 4.78 is 0. The van der Waals surface area contributed by atoms with Crippen LogP contribution in [-0.4, -0.2) is 9.97 Å². The maximum atomic E-state index is 5.48. The Bertz CT molecular complexity index is 504. The first-order valence-electron chi connectivity index (χ1n) is 4.90. The van der Waals surface area contributed by atoms with E-state index in [1.807, 2.05) is 6.92 Å². The van der Waals surface area contributed by atoms with Crippen molar-refractivity contribution in [3.63, 3.8) is 0 Å². The van der Waals surface area contributed by atoms with Crippen molar-refractivity contribution < 1.29 is 0 Å². The van der Waals surface area contributed by atoms with Gasteiger partial charge in [0.1, 0.15) is 10.7 Å². The number of hydrogen-bond donors (Lipinski definition) is 2. The van der Waals surface area contributed by atoms with E-state index in [-0.39, 0.29) is 0 Å². The molecule has 0 unspecified atom stereocenters. The number of fused-ring (bicyclic) bond motifs is 1. The van der Waals surface area contributed by atoms with Crippen LogP contribution < -0.4 is 11.3 Å². The summed E-state index contributed by atoms with van der Waals surface area (Å²) in [6.45, 7) is 6.20. The molecule has 0 saturated carbocycles. The number of nitrogens with zero attached hydrogens (tertiary/aromatic N) is 2. The maximum Gasteiger partial charge on any atom is 0.152 e. The smallest absolute Gasteiger partial charge is 0.152 e. The second-order valence-corrected chi connectivity index (χ2v) is 4.65. The van der Waals surface area contributed by atoms with Gasteiger partial charge in [-0.3, -0.25) is 0 Å². The molecule has 80 valence electrons. The second-order valence-electron chi connectivity index (χ2n) is 3.45. The minimum absolute atomic E-state index is 0.735. The van der Waals surface area contributed by atoms with E-state index in [1.165, 1.54) is 10.4 Å². The Balaban J connectivity index is 2.81. The van der Waals surface area contributed by atoms with Gasteiger partial charge >= 0.3 is 0 Å². The molecule has 15 heavy (non-hydrogen) atoms. The molecule has 2 aromatic heterocycles. The van der Waals surface area contributed by atoms with Gasteiger partial charge in [0.15, 0.2) is 5.82 Å². The summed E-state index contributed by atoms with van der Waals surface area (Å²) in [6.07, 6.45) is 0.820. The summed E-state index contributed by atoms with van der Waals surface area (Å²) in [7, 11) is 0. The van der Waals surface area contributed by atoms with Crippen LogP contribution >= 0.6 is 11.3 Å². The molecule has 0 aliphatic rings. The molecule has 0 aliphatic heterocycles. The molecule has 0 fully saturated rings. The Morgan fingerprint density at radius 2 is 2.07 bits per heavy atom. The van der Waals surface area contributed by atoms with E-state index in [9.17, 15) is 0 Å². The van der Waals surface area contributed by atoms with E-state index < -0.39 is 0 Å². The second kappa shape index (κ2) is 3.75. The van der Waals surface area contributed by atoms with Crippen LogP contribution in [0.4, 0.5) is 5.82 Å². The molecule has 0 radical (unpaired) electrons. The minimum atomic E-state index is 0.735. The van der Waals surface area contributed by atoms with Crippen molar-refractivity contribution in [2.24, 2.45) is 5.84 Å². The molecule has 4 nitrogen and oxygen atoms in total. The van der Waals surface area contributed by atoms with Gasteiger partial charge in [0.05, 0.1) is 5.39 Å². The van der Waals surface area contributed by atoms with Gasteiger partial charge in [-0.25, -0.2) is 15.8 Å². The fourth-order valence-corrected chi connectivity index (χ4v) is 2.60. The summed E-state index contributed by atoms with van der Waals surface area (Å²) in [6, 6.07) is 0. The highest BCUT2D eigenvalue weighted by atomic mass is 32.1. The van der Waals surface area contributed by atoms with E-state index in [0.29, 0.717) is 0 Å². The molecule has 0 atom stereocenters. The zero-order valence-corrected chi connectivity index (χ0v) is 9.90. The summed E-state index contributed by atoms with van der Waals surface area (Å²) >= 11 is 1.69. The topological polar surface area (TPSA) is 63.8 Å². The highest BCUT2D eigenvalue weighted by molar-refractivity contribution is 7.18. The van der Waals surface area contributed by atoms with E-state index >= 15 is 0 Å². The van der Waals surface area contributed by atoms with Crippen molar-refractivity contribution in [3.05, 3.63) is 16.3 Å². The van der Waals surface area contributed by atoms with Gasteiger partial charge in [-0.1, -0.05) is 6.92 Å². The third-order valence-corrected chi connectivity index (χ3v) is 3.63. The van der Waals surface area contributed by atoms with Crippen LogP contribution in [0.15, 0.2) is 0 Å². The molecule has 0 aromatic carbocycles. The molecule has 0 aliphatic carbocycles. The van der Waals surface area contributed by atoms with Crippen molar-refractivity contribution in [2.45, 2.75) is 27.2 Å². The van der Waals surface area contributed by atoms with Crippen molar-refractivity contribution in [2.75, 3.05) is 5.43 Å². The van der Waals surface area contributed by atoms with E-state index in [4.69, 9.17) is 5.84 Å². The average molecular weight is 222 g/mol. The van der Waals surface area contributed by atoms with E-state index in [1.54, 1.807) is 11.3 Å². The van der Waals surface area contributed by atoms with Gasteiger partial charge in [0, 0.05) is 11.3 Å². The molecule has 2 heterocycles. The zero-order chi connectivity index (χ0) is 11.0. The number of nitrogens with one attached hydrogen (secondary N) is 1. The van der Waals surface area contributed by atoms with Gasteiger partial charge < -0.3 is 5.43 Å². The van der Waals surface area contributed by atoms with E-state index in [2.05, 4.69) is 29.2 Å². The number of anilines is 1. The number of rotatable bonds is 2. The molecular formula is C10H14N4S. The number of nitrogen functional groups attached to an aromatic ring is 1. The first-order valence-corrected chi connectivity index (χ1v) is 5.72. The summed E-state index contributed by atoms with van der Waals surface area (Å²) in [5.74, 6) is 7.05. The van der Waals surface area contributed by atoms with Crippen LogP contribution in [0.2, 0.25) is 0 Å². The first kappa shape index (κ1) is 10.3.